The number of carbonyl (C=O) groups is 1. The highest BCUT2D eigenvalue weighted by molar-refractivity contribution is 7.93. The van der Waals surface area contributed by atoms with Crippen molar-refractivity contribution in [3.63, 3.8) is 0 Å². The summed E-state index contributed by atoms with van der Waals surface area (Å²) >= 11 is 1.16. The molecule has 0 atom stereocenters. The molecule has 136 valence electrons. The highest BCUT2D eigenvalue weighted by Crippen LogP contribution is 2.31. The molecule has 2 rings (SSSR count). The predicted octanol–water partition coefficient (Wildman–Crippen LogP) is 3.06. The Hall–Kier alpha value is -2.01. The van der Waals surface area contributed by atoms with Gasteiger partial charge in [0.1, 0.15) is 0 Å². The molecule has 0 radical (unpaired) electrons. The van der Waals surface area contributed by atoms with Gasteiger partial charge >= 0.3 is 6.18 Å². The Balaban J connectivity index is 2.31. The van der Waals surface area contributed by atoms with E-state index in [4.69, 9.17) is 0 Å². The van der Waals surface area contributed by atoms with E-state index in [0.29, 0.717) is 12.3 Å². The minimum absolute atomic E-state index is 0.228. The number of aryl methyl sites for hydroxylation is 1. The molecule has 2 heterocycles. The monoisotopic (exact) mass is 393 g/mol. The van der Waals surface area contributed by atoms with Crippen LogP contribution >= 0.6 is 11.3 Å². The van der Waals surface area contributed by atoms with Crippen LogP contribution in [0.1, 0.15) is 24.3 Å². The van der Waals surface area contributed by atoms with Crippen molar-refractivity contribution >= 4 is 32.2 Å². The van der Waals surface area contributed by atoms with E-state index in [1.54, 1.807) is 6.92 Å². The van der Waals surface area contributed by atoms with E-state index in [1.807, 2.05) is 0 Å². The number of hydrogen-bond acceptors (Lipinski definition) is 6. The van der Waals surface area contributed by atoms with Crippen LogP contribution in [0.5, 0.6) is 0 Å². The van der Waals surface area contributed by atoms with Crippen molar-refractivity contribution in [3.05, 3.63) is 35.0 Å². The fourth-order valence-corrected chi connectivity index (χ4v) is 3.67. The van der Waals surface area contributed by atoms with E-state index >= 15 is 0 Å². The topological polar surface area (TPSA) is 89.0 Å². The van der Waals surface area contributed by atoms with Crippen molar-refractivity contribution in [2.24, 2.45) is 0 Å². The van der Waals surface area contributed by atoms with Crippen LogP contribution in [0, 0.1) is 6.92 Å². The van der Waals surface area contributed by atoms with Gasteiger partial charge < -0.3 is 5.32 Å². The Labute approximate surface area is 146 Å². The number of thiazole rings is 1. The van der Waals surface area contributed by atoms with Crippen LogP contribution in [0.25, 0.3) is 0 Å². The zero-order chi connectivity index (χ0) is 19.0. The van der Waals surface area contributed by atoms with Gasteiger partial charge in [0.05, 0.1) is 5.56 Å². The van der Waals surface area contributed by atoms with Gasteiger partial charge in [-0.05, 0) is 32.9 Å². The molecule has 0 saturated carbocycles. The van der Waals surface area contributed by atoms with Gasteiger partial charge in [-0.3, -0.25) is 4.79 Å². The number of alkyl halides is 3. The van der Waals surface area contributed by atoms with Crippen LogP contribution in [-0.4, -0.2) is 29.0 Å². The first-order valence-corrected chi connectivity index (χ1v) is 9.17. The van der Waals surface area contributed by atoms with Crippen molar-refractivity contribution in [3.8, 4) is 0 Å². The minimum Gasteiger partial charge on any atom is -0.301 e. The number of hydrogen-bond donors (Lipinski definition) is 1. The van der Waals surface area contributed by atoms with E-state index in [-0.39, 0.29) is 5.13 Å². The number of amides is 1. The van der Waals surface area contributed by atoms with Crippen LogP contribution in [0.3, 0.4) is 0 Å². The quantitative estimate of drug-likeness (QED) is 0.862. The number of rotatable bonds is 4. The first kappa shape index (κ1) is 19.3. The molecule has 0 saturated heterocycles. The van der Waals surface area contributed by atoms with E-state index in [9.17, 15) is 26.4 Å². The normalized spacial score (nSPS) is 12.9. The lowest BCUT2D eigenvalue weighted by Gasteiger charge is -2.22. The molecule has 2 aromatic heterocycles. The molecule has 0 fully saturated rings. The average molecular weight is 393 g/mol. The molecule has 25 heavy (non-hydrogen) atoms. The molecule has 1 N–H and O–H groups in total. The number of anilines is 1. The van der Waals surface area contributed by atoms with E-state index in [1.165, 1.54) is 6.20 Å². The molecular formula is C14H14F3N3O3S2. The van der Waals surface area contributed by atoms with Gasteiger partial charge in [-0.25, -0.2) is 18.4 Å². The second-order valence-corrected chi connectivity index (χ2v) is 9.31. The maximum atomic E-state index is 12.6. The van der Waals surface area contributed by atoms with Crippen molar-refractivity contribution in [2.75, 3.05) is 5.32 Å². The first-order valence-electron chi connectivity index (χ1n) is 6.87. The molecule has 0 spiro atoms. The van der Waals surface area contributed by atoms with Crippen molar-refractivity contribution in [2.45, 2.75) is 36.7 Å². The molecule has 0 aliphatic rings. The Bertz CT molecular complexity index is 888. The number of carbonyl (C=O) groups excluding carboxylic acids is 1. The van der Waals surface area contributed by atoms with E-state index in [2.05, 4.69) is 15.3 Å². The third-order valence-electron chi connectivity index (χ3n) is 3.40. The number of nitrogens with zero attached hydrogens (tertiary/aromatic N) is 2. The lowest BCUT2D eigenvalue weighted by atomic mass is 10.2. The van der Waals surface area contributed by atoms with E-state index < -0.39 is 37.3 Å². The predicted molar refractivity (Wildman–Crippen MR) is 86.0 cm³/mol. The molecule has 0 bridgehead atoms. The van der Waals surface area contributed by atoms with Gasteiger partial charge in [0, 0.05) is 17.3 Å². The third kappa shape index (κ3) is 3.82. The maximum Gasteiger partial charge on any atom is 0.417 e. The van der Waals surface area contributed by atoms with Crippen molar-refractivity contribution < 1.29 is 26.4 Å². The summed E-state index contributed by atoms with van der Waals surface area (Å²) in [5.74, 6) is -0.858. The van der Waals surface area contributed by atoms with Crippen molar-refractivity contribution in [1.29, 1.82) is 0 Å². The number of aromatic nitrogens is 2. The summed E-state index contributed by atoms with van der Waals surface area (Å²) in [4.78, 5) is 20.5. The summed E-state index contributed by atoms with van der Waals surface area (Å²) in [6.07, 6.45) is -2.70. The fraction of sp³-hybridized carbons (Fsp3) is 0.357. The number of halogens is 3. The minimum atomic E-state index is -4.63. The van der Waals surface area contributed by atoms with Gasteiger partial charge in [0.15, 0.2) is 14.9 Å². The van der Waals surface area contributed by atoms with Gasteiger partial charge in [0.25, 0.3) is 0 Å². The van der Waals surface area contributed by atoms with Crippen LogP contribution in [0.15, 0.2) is 29.6 Å². The average Bonchev–Trinajstić information content (AvgIpc) is 2.91. The standard InChI is InChI=1S/C14H14F3N3O3S2/c1-8-6-19-12(24-8)20-11(21)13(2,3)25(22,23)10-5-4-9(7-18-10)14(15,16)17/h4-7H,1-3H3,(H,19,20,21). The number of nitrogens with one attached hydrogen (secondary N) is 1. The molecule has 2 aromatic rings. The molecule has 1 amide bonds. The largest absolute Gasteiger partial charge is 0.417 e. The number of pyridine rings is 1. The summed E-state index contributed by atoms with van der Waals surface area (Å²) in [7, 11) is -4.33. The van der Waals surface area contributed by atoms with Crippen LogP contribution in [0.2, 0.25) is 0 Å². The Morgan fingerprint density at radius 2 is 1.80 bits per heavy atom. The zero-order valence-electron chi connectivity index (χ0n) is 13.4. The van der Waals surface area contributed by atoms with Gasteiger partial charge in [0.2, 0.25) is 15.7 Å². The lowest BCUT2D eigenvalue weighted by Crippen LogP contribution is -2.44. The lowest BCUT2D eigenvalue weighted by molar-refractivity contribution is -0.137. The summed E-state index contributed by atoms with van der Waals surface area (Å²) in [6.45, 7) is 4.07. The summed E-state index contributed by atoms with van der Waals surface area (Å²) in [5, 5.41) is 2.01. The maximum absolute atomic E-state index is 12.6. The van der Waals surface area contributed by atoms with Gasteiger partial charge in [-0.2, -0.15) is 13.2 Å². The molecule has 0 aliphatic heterocycles. The Morgan fingerprint density at radius 3 is 2.24 bits per heavy atom. The molecule has 11 heteroatoms. The van der Waals surface area contributed by atoms with Crippen molar-refractivity contribution in [1.82, 2.24) is 9.97 Å². The highest BCUT2D eigenvalue weighted by Gasteiger charge is 2.44. The number of sulfone groups is 1. The van der Waals surface area contributed by atoms with Crippen LogP contribution < -0.4 is 5.32 Å². The molecule has 0 unspecified atom stereocenters. The van der Waals surface area contributed by atoms with Gasteiger partial charge in [-0.1, -0.05) is 0 Å². The first-order chi connectivity index (χ1) is 11.4. The van der Waals surface area contributed by atoms with Crippen LogP contribution in [-0.2, 0) is 20.8 Å². The summed E-state index contributed by atoms with van der Waals surface area (Å²) in [5.41, 5.74) is -1.08. The molecule has 0 aliphatic carbocycles. The summed E-state index contributed by atoms with van der Waals surface area (Å²) in [6, 6.07) is 1.35. The second-order valence-electron chi connectivity index (χ2n) is 5.63. The zero-order valence-corrected chi connectivity index (χ0v) is 15.0. The summed E-state index contributed by atoms with van der Waals surface area (Å²) < 4.78 is 61.0. The highest BCUT2D eigenvalue weighted by atomic mass is 32.2. The third-order valence-corrected chi connectivity index (χ3v) is 6.55. The molecular weight excluding hydrogens is 379 g/mol. The van der Waals surface area contributed by atoms with E-state index in [0.717, 1.165) is 36.1 Å². The second kappa shape index (κ2) is 6.37. The smallest absolute Gasteiger partial charge is 0.301 e. The molecule has 6 nitrogen and oxygen atoms in total. The Morgan fingerprint density at radius 1 is 1.16 bits per heavy atom. The van der Waals surface area contributed by atoms with Gasteiger partial charge in [-0.15, -0.1) is 11.3 Å². The SMILES string of the molecule is Cc1cnc(NC(=O)C(C)(C)S(=O)(=O)c2ccc(C(F)(F)F)cn2)s1. The fourth-order valence-electron chi connectivity index (χ4n) is 1.75. The Kier molecular flexibility index (Phi) is 4.92. The molecule has 0 aromatic carbocycles. The van der Waals surface area contributed by atoms with Crippen LogP contribution in [0.4, 0.5) is 18.3 Å².